The van der Waals surface area contributed by atoms with Gasteiger partial charge in [0.2, 0.25) is 11.8 Å². The molecule has 0 radical (unpaired) electrons. The quantitative estimate of drug-likeness (QED) is 0.0442. The van der Waals surface area contributed by atoms with Gasteiger partial charge in [0.15, 0.2) is 33.1 Å². The van der Waals surface area contributed by atoms with E-state index in [1.807, 2.05) is 6.92 Å². The standard InChI is InChI=1S/C17H14FN5O2S.C9H9ClFNO2.C8H6N4S/c1-9-15-12(7-20-16(9)19-2)22-17(23-15)26-8-14(24)21-10-4-5-13(25-3)11(18)6-10;1-14-8-3-2-6(4-7(8)11)12-9(13)5-10;1-4-6-5(11-8(13)12-6)3-10-7(4)9-2/h4-7H,8H2,1,3H3,(H,21,24)(H,22,23);2-4H,5H2,1H3,(H,12,13);3H,1H3,(H2,11,12,13). The molecule has 6 rings (SSSR count). The lowest BCUT2D eigenvalue weighted by Gasteiger charge is -2.06. The van der Waals surface area contributed by atoms with E-state index in [0.717, 1.165) is 16.6 Å². The third-order valence-electron chi connectivity index (χ3n) is 7.04. The van der Waals surface area contributed by atoms with Gasteiger partial charge in [0.05, 0.1) is 31.0 Å². The molecule has 272 valence electrons. The van der Waals surface area contributed by atoms with E-state index < -0.39 is 11.6 Å². The molecule has 0 fully saturated rings. The number of thioether (sulfide) groups is 1. The van der Waals surface area contributed by atoms with Gasteiger partial charge in [-0.05, 0) is 50.3 Å². The van der Waals surface area contributed by atoms with Gasteiger partial charge in [-0.15, -0.1) is 21.6 Å². The first kappa shape index (κ1) is 39.7. The predicted octanol–water partition coefficient (Wildman–Crippen LogP) is 8.19. The first-order chi connectivity index (χ1) is 25.4. The maximum absolute atomic E-state index is 13.6. The monoisotopic (exact) mass is 778 g/mol. The van der Waals surface area contributed by atoms with Gasteiger partial charge >= 0.3 is 0 Å². The highest BCUT2D eigenvalue weighted by Crippen LogP contribution is 2.27. The summed E-state index contributed by atoms with van der Waals surface area (Å²) in [5.41, 5.74) is 5.30. The second-order valence-corrected chi connectivity index (χ2v) is 12.2. The first-order valence-electron chi connectivity index (χ1n) is 15.0. The van der Waals surface area contributed by atoms with E-state index in [4.69, 9.17) is 46.4 Å². The molecule has 0 aliphatic carbocycles. The van der Waals surface area contributed by atoms with Gasteiger partial charge in [0, 0.05) is 34.6 Å². The summed E-state index contributed by atoms with van der Waals surface area (Å²) in [6.07, 6.45) is 3.16. The average Bonchev–Trinajstić information content (AvgIpc) is 3.75. The van der Waals surface area contributed by atoms with Crippen molar-refractivity contribution in [2.45, 2.75) is 19.0 Å². The number of aromatic nitrogens is 6. The topological polar surface area (TPSA) is 171 Å². The molecule has 0 saturated carbocycles. The Kier molecular flexibility index (Phi) is 13.8. The number of H-pyrrole nitrogens is 3. The number of benzene rings is 2. The van der Waals surface area contributed by atoms with Gasteiger partial charge in [-0.3, -0.25) is 9.59 Å². The van der Waals surface area contributed by atoms with Gasteiger partial charge < -0.3 is 44.7 Å². The maximum Gasteiger partial charge on any atom is 0.274 e. The molecule has 0 aliphatic heterocycles. The molecule has 2 amide bonds. The summed E-state index contributed by atoms with van der Waals surface area (Å²) >= 11 is 11.4. The first-order valence-corrected chi connectivity index (χ1v) is 17.0. The molecule has 4 aromatic heterocycles. The zero-order chi connectivity index (χ0) is 38.7. The van der Waals surface area contributed by atoms with Crippen molar-refractivity contribution in [3.05, 3.63) is 99.2 Å². The van der Waals surface area contributed by atoms with Crippen LogP contribution in [0.1, 0.15) is 11.1 Å². The van der Waals surface area contributed by atoms with Crippen molar-refractivity contribution in [2.75, 3.05) is 36.5 Å². The van der Waals surface area contributed by atoms with E-state index in [0.29, 0.717) is 49.5 Å². The molecule has 0 unspecified atom stereocenters. The number of hydrogen-bond donors (Lipinski definition) is 5. The van der Waals surface area contributed by atoms with E-state index in [-0.39, 0.29) is 34.9 Å². The van der Waals surface area contributed by atoms with Crippen molar-refractivity contribution in [1.29, 1.82) is 0 Å². The number of hydrogen-bond acceptors (Lipinski definition) is 9. The van der Waals surface area contributed by atoms with Crippen LogP contribution in [0.15, 0.2) is 53.9 Å². The Bertz CT molecular complexity index is 2440. The normalized spacial score (nSPS) is 10.2. The van der Waals surface area contributed by atoms with Crippen LogP contribution < -0.4 is 20.1 Å². The second kappa shape index (κ2) is 18.4. The highest BCUT2D eigenvalue weighted by molar-refractivity contribution is 7.99. The lowest BCUT2D eigenvalue weighted by molar-refractivity contribution is -0.114. The molecule has 4 heterocycles. The molecule has 0 atom stereocenters. The Morgan fingerprint density at radius 3 is 1.94 bits per heavy atom. The number of ether oxygens (including phenoxy) is 2. The number of methoxy groups -OCH3 is 2. The summed E-state index contributed by atoms with van der Waals surface area (Å²) < 4.78 is 36.9. The fraction of sp³-hybridized carbons (Fsp3) is 0.176. The minimum Gasteiger partial charge on any atom is -0.494 e. The Hall–Kier alpha value is -6.08. The van der Waals surface area contributed by atoms with Crippen molar-refractivity contribution in [1.82, 2.24) is 29.9 Å². The molecule has 2 aromatic carbocycles. The van der Waals surface area contributed by atoms with Crippen molar-refractivity contribution >= 4 is 92.5 Å². The predicted molar refractivity (Wildman–Crippen MR) is 202 cm³/mol. The van der Waals surface area contributed by atoms with Gasteiger partial charge in [-0.25, -0.2) is 13.8 Å². The zero-order valence-electron chi connectivity index (χ0n) is 28.4. The highest BCUT2D eigenvalue weighted by Gasteiger charge is 2.13. The van der Waals surface area contributed by atoms with Crippen molar-refractivity contribution in [3.8, 4) is 11.5 Å². The Balaban J connectivity index is 0.000000196. The van der Waals surface area contributed by atoms with Crippen LogP contribution in [0.2, 0.25) is 0 Å². The molecule has 0 saturated heterocycles. The summed E-state index contributed by atoms with van der Waals surface area (Å²) in [7, 11) is 2.74. The number of amides is 2. The van der Waals surface area contributed by atoms with E-state index in [2.05, 4.69) is 50.2 Å². The summed E-state index contributed by atoms with van der Waals surface area (Å²) in [6, 6.07) is 8.34. The van der Waals surface area contributed by atoms with Crippen LogP contribution in [-0.4, -0.2) is 67.6 Å². The molecule has 19 heteroatoms. The van der Waals surface area contributed by atoms with Crippen LogP contribution in [0.5, 0.6) is 11.5 Å². The van der Waals surface area contributed by atoms with Gasteiger partial charge in [0.1, 0.15) is 29.3 Å². The molecule has 0 spiro atoms. The average molecular weight is 779 g/mol. The lowest BCUT2D eigenvalue weighted by atomic mass is 10.2. The number of carbonyl (C=O) groups is 2. The zero-order valence-corrected chi connectivity index (χ0v) is 30.7. The third kappa shape index (κ3) is 10.3. The number of nitrogens with one attached hydrogen (secondary N) is 5. The summed E-state index contributed by atoms with van der Waals surface area (Å²) in [6.45, 7) is 17.6. The van der Waals surface area contributed by atoms with Gasteiger partial charge in [0.25, 0.3) is 11.6 Å². The second-order valence-electron chi connectivity index (χ2n) is 10.5. The Morgan fingerprint density at radius 2 is 1.42 bits per heavy atom. The van der Waals surface area contributed by atoms with Crippen LogP contribution in [0.4, 0.5) is 31.8 Å². The van der Waals surface area contributed by atoms with Crippen LogP contribution in [-0.2, 0) is 9.59 Å². The van der Waals surface area contributed by atoms with E-state index in [9.17, 15) is 18.4 Å². The highest BCUT2D eigenvalue weighted by atomic mass is 35.5. The minimum atomic E-state index is -0.547. The minimum absolute atomic E-state index is 0.0929. The summed E-state index contributed by atoms with van der Waals surface area (Å²) in [5, 5.41) is 5.58. The van der Waals surface area contributed by atoms with Crippen molar-refractivity contribution in [2.24, 2.45) is 0 Å². The molecular formula is C34H29ClF2N10O4S2. The number of nitrogens with zero attached hydrogens (tertiary/aromatic N) is 5. The summed E-state index contributed by atoms with van der Waals surface area (Å²) in [4.78, 5) is 51.0. The number of carbonyl (C=O) groups excluding carboxylic acids is 2. The maximum atomic E-state index is 13.6. The van der Waals surface area contributed by atoms with Crippen molar-refractivity contribution < 1.29 is 27.8 Å². The summed E-state index contributed by atoms with van der Waals surface area (Å²) in [5.74, 6) is -0.848. The number of aryl methyl sites for hydroxylation is 2. The number of anilines is 2. The smallest absolute Gasteiger partial charge is 0.274 e. The molecule has 6 aromatic rings. The van der Waals surface area contributed by atoms with Crippen LogP contribution >= 0.6 is 35.6 Å². The van der Waals surface area contributed by atoms with E-state index in [1.54, 1.807) is 25.4 Å². The lowest BCUT2D eigenvalue weighted by Crippen LogP contribution is -2.14. The van der Waals surface area contributed by atoms with Crippen LogP contribution in [0.25, 0.3) is 31.8 Å². The molecule has 53 heavy (non-hydrogen) atoms. The molecule has 5 N–H and O–H groups in total. The van der Waals surface area contributed by atoms with Crippen molar-refractivity contribution in [3.63, 3.8) is 0 Å². The third-order valence-corrected chi connectivity index (χ3v) is 8.36. The van der Waals surface area contributed by atoms with Crippen LogP contribution in [0, 0.1) is 43.4 Å². The Labute approximate surface area is 315 Å². The SMILES string of the molecule is COc1ccc(NC(=O)CCl)cc1F.[C-]#[N+]c1ncc2[nH]c(=S)[nH]c2c1C.[C-]#[N+]c1ncc2[nH]c(SCC(=O)Nc3ccc(OC)c(F)c3)nc2c1C. The molecule has 14 nitrogen and oxygen atoms in total. The molecule has 0 aliphatic rings. The van der Waals surface area contributed by atoms with Gasteiger partial charge in [-0.1, -0.05) is 24.9 Å². The number of aromatic amines is 3. The number of rotatable bonds is 8. The van der Waals surface area contributed by atoms with E-state index in [1.165, 1.54) is 56.3 Å². The number of fused-ring (bicyclic) bond motifs is 2. The number of pyridine rings is 2. The van der Waals surface area contributed by atoms with Gasteiger partial charge in [-0.2, -0.15) is 0 Å². The Morgan fingerprint density at radius 1 is 0.868 bits per heavy atom. The number of imidazole rings is 2. The fourth-order valence-electron chi connectivity index (χ4n) is 4.50. The fourth-order valence-corrected chi connectivity index (χ4v) is 5.46. The number of halogens is 3. The number of alkyl halides is 1. The molecular weight excluding hydrogens is 750 g/mol. The molecule has 0 bridgehead atoms. The largest absolute Gasteiger partial charge is 0.494 e. The van der Waals surface area contributed by atoms with Crippen LogP contribution in [0.3, 0.4) is 0 Å². The van der Waals surface area contributed by atoms with E-state index >= 15 is 0 Å².